The molecule has 0 bridgehead atoms. The van der Waals surface area contributed by atoms with Crippen molar-refractivity contribution in [2.24, 2.45) is 0 Å². The molecule has 11 aromatic carbocycles. The fraction of sp³-hybridized carbons (Fsp3) is 0.0286. The van der Waals surface area contributed by atoms with Gasteiger partial charge in [0, 0.05) is 21.5 Å². The van der Waals surface area contributed by atoms with E-state index < -0.39 is 10.8 Å². The standard InChI is InChI=1S/C70H42N4/c71-43-45-42-64(74-60-36-20-16-32-56(60)66-62(74)40-38-54-52-30-14-18-34-58(52)70(68(54)66,49-25-9-3-10-26-49)50-27-11-4-12-28-50)46(44-72)41-63(45)73-59-35-19-15-31-55(59)65-61(73)39-37-53-51-29-13-17-33-57(51)69(67(53)65,47-21-5-1-6-22-47)48-23-7-2-8-24-48/h1-42H. The molecule has 2 aromatic heterocycles. The van der Waals surface area contributed by atoms with Gasteiger partial charge in [-0.1, -0.05) is 218 Å². The second kappa shape index (κ2) is 15.7. The maximum absolute atomic E-state index is 11.5. The predicted molar refractivity (Wildman–Crippen MR) is 299 cm³/mol. The Morgan fingerprint density at radius 2 is 0.622 bits per heavy atom. The molecule has 0 radical (unpaired) electrons. The Morgan fingerprint density at radius 3 is 0.986 bits per heavy atom. The summed E-state index contributed by atoms with van der Waals surface area (Å²) in [4.78, 5) is 0. The summed E-state index contributed by atoms with van der Waals surface area (Å²) in [5, 5.41) is 27.4. The quantitative estimate of drug-likeness (QED) is 0.167. The molecule has 0 atom stereocenters. The summed E-state index contributed by atoms with van der Waals surface area (Å²) in [5.41, 5.74) is 19.2. The number of nitrogens with zero attached hydrogens (tertiary/aromatic N) is 4. The smallest absolute Gasteiger partial charge is 0.101 e. The van der Waals surface area contributed by atoms with Gasteiger partial charge in [0.15, 0.2) is 0 Å². The van der Waals surface area contributed by atoms with Gasteiger partial charge in [0.25, 0.3) is 0 Å². The minimum Gasteiger partial charge on any atom is -0.308 e. The van der Waals surface area contributed by atoms with Gasteiger partial charge in [-0.3, -0.25) is 0 Å². The van der Waals surface area contributed by atoms with Crippen molar-refractivity contribution in [1.29, 1.82) is 10.5 Å². The van der Waals surface area contributed by atoms with Crippen molar-refractivity contribution in [3.05, 3.63) is 310 Å². The topological polar surface area (TPSA) is 57.4 Å². The molecule has 0 fully saturated rings. The number of hydrogen-bond donors (Lipinski definition) is 0. The van der Waals surface area contributed by atoms with Gasteiger partial charge >= 0.3 is 0 Å². The highest BCUT2D eigenvalue weighted by atomic mass is 15.0. The van der Waals surface area contributed by atoms with Crippen LogP contribution in [-0.2, 0) is 10.8 Å². The summed E-state index contributed by atoms with van der Waals surface area (Å²) in [7, 11) is 0. The third-order valence-corrected chi connectivity index (χ3v) is 16.3. The lowest BCUT2D eigenvalue weighted by Gasteiger charge is -2.34. The molecule has 0 saturated carbocycles. The zero-order chi connectivity index (χ0) is 49.1. The van der Waals surface area contributed by atoms with E-state index in [1.54, 1.807) is 0 Å². The molecule has 0 unspecified atom stereocenters. The molecule has 0 N–H and O–H groups in total. The summed E-state index contributed by atoms with van der Waals surface area (Å²) in [5.74, 6) is 0. The molecule has 0 aliphatic heterocycles. The zero-order valence-corrected chi connectivity index (χ0v) is 40.0. The molecule has 15 rings (SSSR count). The van der Waals surface area contributed by atoms with Crippen LogP contribution in [0.15, 0.2) is 255 Å². The minimum atomic E-state index is -0.653. The number of aromatic nitrogens is 2. The fourth-order valence-electron chi connectivity index (χ4n) is 13.6. The van der Waals surface area contributed by atoms with Gasteiger partial charge in [-0.2, -0.15) is 10.5 Å². The Balaban J connectivity index is 1.02. The van der Waals surface area contributed by atoms with E-state index in [2.05, 4.69) is 264 Å². The number of fused-ring (bicyclic) bond motifs is 14. The average molecular weight is 939 g/mol. The number of hydrogen-bond acceptors (Lipinski definition) is 2. The Hall–Kier alpha value is -10.0. The first-order valence-corrected chi connectivity index (χ1v) is 25.2. The first-order chi connectivity index (χ1) is 36.7. The van der Waals surface area contributed by atoms with Gasteiger partial charge in [-0.15, -0.1) is 0 Å². The highest BCUT2D eigenvalue weighted by molar-refractivity contribution is 6.17. The lowest BCUT2D eigenvalue weighted by molar-refractivity contribution is 0.776. The Labute approximate surface area is 428 Å². The first-order valence-electron chi connectivity index (χ1n) is 25.2. The van der Waals surface area contributed by atoms with Crippen LogP contribution in [0.2, 0.25) is 0 Å². The highest BCUT2D eigenvalue weighted by Gasteiger charge is 2.49. The monoisotopic (exact) mass is 938 g/mol. The van der Waals surface area contributed by atoms with E-state index >= 15 is 0 Å². The minimum absolute atomic E-state index is 0.463. The summed E-state index contributed by atoms with van der Waals surface area (Å²) in [6.45, 7) is 0. The van der Waals surface area contributed by atoms with Gasteiger partial charge < -0.3 is 9.13 Å². The number of nitriles is 2. The van der Waals surface area contributed by atoms with E-state index in [0.717, 1.165) is 43.6 Å². The summed E-state index contributed by atoms with van der Waals surface area (Å²) in [6, 6.07) is 96.5. The SMILES string of the molecule is N#Cc1cc(-n2c3ccccc3c3c4c(ccc32)-c2ccccc2C4(c2ccccc2)c2ccccc2)c(C#N)cc1-n1c2ccccc2c2c3c(ccc21)-c1ccccc1C3(c1ccccc1)c1ccccc1. The van der Waals surface area contributed by atoms with Crippen molar-refractivity contribution in [2.45, 2.75) is 10.8 Å². The summed E-state index contributed by atoms with van der Waals surface area (Å²) in [6.07, 6.45) is 0. The molecule has 2 aliphatic rings. The van der Waals surface area contributed by atoms with Crippen LogP contribution in [0.1, 0.15) is 55.6 Å². The zero-order valence-electron chi connectivity index (χ0n) is 40.0. The van der Waals surface area contributed by atoms with Gasteiger partial charge in [-0.25, -0.2) is 0 Å². The maximum atomic E-state index is 11.5. The van der Waals surface area contributed by atoms with Gasteiger partial charge in [0.1, 0.15) is 12.1 Å². The molecule has 342 valence electrons. The number of para-hydroxylation sites is 2. The van der Waals surface area contributed by atoms with Crippen molar-refractivity contribution >= 4 is 43.6 Å². The molecular weight excluding hydrogens is 897 g/mol. The Bertz CT molecular complexity index is 4180. The lowest BCUT2D eigenvalue weighted by Crippen LogP contribution is -2.28. The molecular formula is C70H42N4. The second-order valence-corrected chi connectivity index (χ2v) is 19.6. The van der Waals surface area contributed by atoms with Crippen molar-refractivity contribution < 1.29 is 0 Å². The predicted octanol–water partition coefficient (Wildman–Crippen LogP) is 16.4. The Kier molecular flexibility index (Phi) is 8.89. The van der Waals surface area contributed by atoms with Gasteiger partial charge in [-0.05, 0) is 103 Å². The Morgan fingerprint density at radius 1 is 0.297 bits per heavy atom. The molecule has 4 nitrogen and oxygen atoms in total. The molecule has 0 spiro atoms. The molecule has 4 heteroatoms. The van der Waals surface area contributed by atoms with E-state index in [1.807, 2.05) is 12.1 Å². The van der Waals surface area contributed by atoms with Crippen LogP contribution in [0.25, 0.3) is 77.2 Å². The van der Waals surface area contributed by atoms with E-state index in [-0.39, 0.29) is 0 Å². The van der Waals surface area contributed by atoms with E-state index in [9.17, 15) is 10.5 Å². The fourth-order valence-corrected chi connectivity index (χ4v) is 13.6. The lowest BCUT2D eigenvalue weighted by atomic mass is 9.67. The van der Waals surface area contributed by atoms with E-state index in [4.69, 9.17) is 0 Å². The van der Waals surface area contributed by atoms with Crippen LogP contribution in [0, 0.1) is 22.7 Å². The molecule has 13 aromatic rings. The molecule has 74 heavy (non-hydrogen) atoms. The molecule has 0 saturated heterocycles. The van der Waals surface area contributed by atoms with Crippen molar-refractivity contribution in [3.63, 3.8) is 0 Å². The normalized spacial score (nSPS) is 13.6. The van der Waals surface area contributed by atoms with Crippen LogP contribution in [0.5, 0.6) is 0 Å². The highest BCUT2D eigenvalue weighted by Crippen LogP contribution is 2.61. The second-order valence-electron chi connectivity index (χ2n) is 19.6. The van der Waals surface area contributed by atoms with Crippen LogP contribution >= 0.6 is 0 Å². The van der Waals surface area contributed by atoms with Crippen molar-refractivity contribution in [2.75, 3.05) is 0 Å². The summed E-state index contributed by atoms with van der Waals surface area (Å²) < 4.78 is 4.45. The largest absolute Gasteiger partial charge is 0.308 e. The number of benzene rings is 11. The van der Waals surface area contributed by atoms with Crippen LogP contribution in [-0.4, -0.2) is 9.13 Å². The van der Waals surface area contributed by atoms with Crippen molar-refractivity contribution in [1.82, 2.24) is 9.13 Å². The third-order valence-electron chi connectivity index (χ3n) is 16.3. The maximum Gasteiger partial charge on any atom is 0.101 e. The molecule has 2 aliphatic carbocycles. The molecule has 2 heterocycles. The van der Waals surface area contributed by atoms with Crippen LogP contribution in [0.3, 0.4) is 0 Å². The van der Waals surface area contributed by atoms with Crippen LogP contribution < -0.4 is 0 Å². The number of rotatable bonds is 6. The van der Waals surface area contributed by atoms with Gasteiger partial charge in [0.2, 0.25) is 0 Å². The van der Waals surface area contributed by atoms with E-state index in [1.165, 1.54) is 66.8 Å². The molecule has 0 amide bonds. The summed E-state index contributed by atoms with van der Waals surface area (Å²) >= 11 is 0. The average Bonchev–Trinajstić information content (AvgIpc) is 4.22. The van der Waals surface area contributed by atoms with Crippen molar-refractivity contribution in [3.8, 4) is 45.8 Å². The van der Waals surface area contributed by atoms with Crippen LogP contribution in [0.4, 0.5) is 0 Å². The van der Waals surface area contributed by atoms with E-state index in [0.29, 0.717) is 22.5 Å². The third kappa shape index (κ3) is 5.33. The van der Waals surface area contributed by atoms with Gasteiger partial charge in [0.05, 0.1) is 55.4 Å². The first kappa shape index (κ1) is 41.8.